The summed E-state index contributed by atoms with van der Waals surface area (Å²) >= 11 is 0. The fraction of sp³-hybridized carbons (Fsp3) is 0.800. The van der Waals surface area contributed by atoms with E-state index in [0.717, 1.165) is 0 Å². The van der Waals surface area contributed by atoms with E-state index < -0.39 is 5.97 Å². The molecule has 0 fully saturated rings. The highest BCUT2D eigenvalue weighted by molar-refractivity contribution is 5.86. The van der Waals surface area contributed by atoms with E-state index in [4.69, 9.17) is 47.4 Å². The standard InChI is InChI=1S/C25H46O11/c1-4-5-27-6-7-28-8-9-29-10-11-30-12-13-31-14-15-32-16-17-33-18-19-34-20-21-35-22-23-36-25(26)24(2)3/h4H,1-2,5-23H2,3H3. The second-order valence-corrected chi connectivity index (χ2v) is 7.18. The van der Waals surface area contributed by atoms with Crippen molar-refractivity contribution in [3.05, 3.63) is 24.8 Å². The lowest BCUT2D eigenvalue weighted by Crippen LogP contribution is -2.15. The van der Waals surface area contributed by atoms with Crippen molar-refractivity contribution in [2.45, 2.75) is 6.92 Å². The topological polar surface area (TPSA) is 109 Å². The average Bonchev–Trinajstić information content (AvgIpc) is 2.87. The molecule has 0 aliphatic rings. The molecule has 0 atom stereocenters. The Labute approximate surface area is 215 Å². The molecule has 11 heteroatoms. The number of ether oxygens (including phenoxy) is 10. The summed E-state index contributed by atoms with van der Waals surface area (Å²) in [6.45, 7) is 17.8. The van der Waals surface area contributed by atoms with Crippen LogP contribution in [0.25, 0.3) is 0 Å². The SMILES string of the molecule is C=CCOCCOCCOCCOCCOCCOCCOCCOCCOCCOC(=O)C(=C)C. The van der Waals surface area contributed by atoms with Crippen LogP contribution >= 0.6 is 0 Å². The summed E-state index contributed by atoms with van der Waals surface area (Å²) in [4.78, 5) is 11.2. The molecule has 36 heavy (non-hydrogen) atoms. The highest BCUT2D eigenvalue weighted by Crippen LogP contribution is 1.92. The third-order valence-electron chi connectivity index (χ3n) is 4.02. The van der Waals surface area contributed by atoms with E-state index in [9.17, 15) is 4.79 Å². The Balaban J connectivity index is 3.06. The molecular formula is C25H46O11. The number of rotatable bonds is 30. The predicted molar refractivity (Wildman–Crippen MR) is 133 cm³/mol. The summed E-state index contributed by atoms with van der Waals surface area (Å²) in [6.07, 6.45) is 1.71. The summed E-state index contributed by atoms with van der Waals surface area (Å²) in [7, 11) is 0. The van der Waals surface area contributed by atoms with Crippen molar-refractivity contribution in [2.75, 3.05) is 126 Å². The molecular weight excluding hydrogens is 476 g/mol. The highest BCUT2D eigenvalue weighted by atomic mass is 16.6. The minimum absolute atomic E-state index is 0.203. The van der Waals surface area contributed by atoms with Gasteiger partial charge in [0.25, 0.3) is 0 Å². The molecule has 0 bridgehead atoms. The zero-order valence-electron chi connectivity index (χ0n) is 21.9. The second-order valence-electron chi connectivity index (χ2n) is 7.18. The minimum atomic E-state index is -0.410. The number of carbonyl (C=O) groups excluding carboxylic acids is 1. The largest absolute Gasteiger partial charge is 0.460 e. The molecule has 0 saturated heterocycles. The third-order valence-corrected chi connectivity index (χ3v) is 4.02. The fourth-order valence-corrected chi connectivity index (χ4v) is 2.24. The summed E-state index contributed by atoms with van der Waals surface area (Å²) in [5, 5.41) is 0. The van der Waals surface area contributed by atoms with Crippen molar-refractivity contribution >= 4 is 5.97 Å². The van der Waals surface area contributed by atoms with Crippen LogP contribution in [0, 0.1) is 0 Å². The zero-order chi connectivity index (χ0) is 26.4. The van der Waals surface area contributed by atoms with Gasteiger partial charge in [-0.3, -0.25) is 0 Å². The molecule has 0 aromatic rings. The molecule has 0 aliphatic carbocycles. The molecule has 212 valence electrons. The molecule has 0 saturated carbocycles. The Morgan fingerprint density at radius 1 is 0.500 bits per heavy atom. The molecule has 0 spiro atoms. The second kappa shape index (κ2) is 29.8. The van der Waals surface area contributed by atoms with E-state index in [1.165, 1.54) is 0 Å². The van der Waals surface area contributed by atoms with Gasteiger partial charge in [0.1, 0.15) is 6.61 Å². The van der Waals surface area contributed by atoms with E-state index in [0.29, 0.717) is 124 Å². The lowest BCUT2D eigenvalue weighted by Gasteiger charge is -2.09. The van der Waals surface area contributed by atoms with E-state index in [1.54, 1.807) is 13.0 Å². The van der Waals surface area contributed by atoms with Gasteiger partial charge in [-0.2, -0.15) is 0 Å². The Hall–Kier alpha value is -1.41. The molecule has 0 unspecified atom stereocenters. The average molecular weight is 523 g/mol. The van der Waals surface area contributed by atoms with Gasteiger partial charge in [-0.25, -0.2) is 4.79 Å². The van der Waals surface area contributed by atoms with Gasteiger partial charge in [-0.15, -0.1) is 6.58 Å². The first-order chi connectivity index (χ1) is 17.7. The van der Waals surface area contributed by atoms with Crippen LogP contribution in [0.5, 0.6) is 0 Å². The van der Waals surface area contributed by atoms with E-state index >= 15 is 0 Å². The summed E-state index contributed by atoms with van der Waals surface area (Å²) < 4.78 is 53.2. The zero-order valence-corrected chi connectivity index (χ0v) is 21.9. The van der Waals surface area contributed by atoms with Gasteiger partial charge in [-0.05, 0) is 6.92 Å². The normalized spacial score (nSPS) is 11.0. The van der Waals surface area contributed by atoms with Crippen LogP contribution in [0.2, 0.25) is 0 Å². The van der Waals surface area contributed by atoms with Gasteiger partial charge >= 0.3 is 5.97 Å². The van der Waals surface area contributed by atoms with Crippen LogP contribution in [0.3, 0.4) is 0 Å². The molecule has 0 rings (SSSR count). The molecule has 0 amide bonds. The summed E-state index contributed by atoms with van der Waals surface area (Å²) in [5.74, 6) is -0.410. The predicted octanol–water partition coefficient (Wildman–Crippen LogP) is 1.44. The summed E-state index contributed by atoms with van der Waals surface area (Å²) in [6, 6.07) is 0. The minimum Gasteiger partial charge on any atom is -0.460 e. The number of hydrogen-bond acceptors (Lipinski definition) is 11. The number of hydrogen-bond donors (Lipinski definition) is 0. The fourth-order valence-electron chi connectivity index (χ4n) is 2.24. The summed E-state index contributed by atoms with van der Waals surface area (Å²) in [5.41, 5.74) is 0.372. The monoisotopic (exact) mass is 522 g/mol. The molecule has 0 heterocycles. The molecule has 0 aromatic carbocycles. The Kier molecular flexibility index (Phi) is 28.7. The molecule has 0 aliphatic heterocycles. The Morgan fingerprint density at radius 3 is 1.00 bits per heavy atom. The van der Waals surface area contributed by atoms with Gasteiger partial charge in [0, 0.05) is 5.57 Å². The van der Waals surface area contributed by atoms with Crippen molar-refractivity contribution in [2.24, 2.45) is 0 Å². The molecule has 11 nitrogen and oxygen atoms in total. The maximum absolute atomic E-state index is 11.2. The van der Waals surface area contributed by atoms with E-state index in [2.05, 4.69) is 13.2 Å². The molecule has 0 N–H and O–H groups in total. The molecule has 0 radical (unpaired) electrons. The first kappa shape index (κ1) is 34.6. The number of esters is 1. The van der Waals surface area contributed by atoms with Crippen molar-refractivity contribution < 1.29 is 52.2 Å². The number of carbonyl (C=O) groups is 1. The van der Waals surface area contributed by atoms with Crippen LogP contribution in [0.4, 0.5) is 0 Å². The lowest BCUT2D eigenvalue weighted by molar-refractivity contribution is -0.140. The maximum Gasteiger partial charge on any atom is 0.333 e. The van der Waals surface area contributed by atoms with Crippen LogP contribution in [-0.4, -0.2) is 132 Å². The molecule has 0 aromatic heterocycles. The van der Waals surface area contributed by atoms with Crippen molar-refractivity contribution in [1.82, 2.24) is 0 Å². The van der Waals surface area contributed by atoms with Crippen LogP contribution in [0.1, 0.15) is 6.92 Å². The van der Waals surface area contributed by atoms with Gasteiger partial charge in [0.05, 0.1) is 119 Å². The van der Waals surface area contributed by atoms with Gasteiger partial charge < -0.3 is 47.4 Å². The lowest BCUT2D eigenvalue weighted by atomic mass is 10.4. The van der Waals surface area contributed by atoms with Gasteiger partial charge in [0.2, 0.25) is 0 Å². The Bertz CT molecular complexity index is 502. The van der Waals surface area contributed by atoms with Gasteiger partial charge in [-0.1, -0.05) is 12.7 Å². The Morgan fingerprint density at radius 2 is 0.750 bits per heavy atom. The first-order valence-electron chi connectivity index (χ1n) is 12.3. The highest BCUT2D eigenvalue weighted by Gasteiger charge is 2.01. The van der Waals surface area contributed by atoms with Crippen molar-refractivity contribution in [1.29, 1.82) is 0 Å². The van der Waals surface area contributed by atoms with Crippen molar-refractivity contribution in [3.63, 3.8) is 0 Å². The van der Waals surface area contributed by atoms with E-state index in [-0.39, 0.29) is 6.61 Å². The van der Waals surface area contributed by atoms with Crippen LogP contribution < -0.4 is 0 Å². The van der Waals surface area contributed by atoms with E-state index in [1.807, 2.05) is 0 Å². The quantitative estimate of drug-likeness (QED) is 0.0592. The third kappa shape index (κ3) is 28.8. The first-order valence-corrected chi connectivity index (χ1v) is 12.3. The van der Waals surface area contributed by atoms with Crippen LogP contribution in [-0.2, 0) is 52.2 Å². The van der Waals surface area contributed by atoms with Crippen LogP contribution in [0.15, 0.2) is 24.8 Å². The maximum atomic E-state index is 11.2. The van der Waals surface area contributed by atoms with Gasteiger partial charge in [0.15, 0.2) is 0 Å². The smallest absolute Gasteiger partial charge is 0.333 e. The van der Waals surface area contributed by atoms with Crippen molar-refractivity contribution in [3.8, 4) is 0 Å².